The van der Waals surface area contributed by atoms with Crippen LogP contribution in [0.5, 0.6) is 11.5 Å². The molecule has 4 rings (SSSR count). The highest BCUT2D eigenvalue weighted by atomic mass is 35.5. The molecule has 0 radical (unpaired) electrons. The van der Waals surface area contributed by atoms with Crippen molar-refractivity contribution in [3.05, 3.63) is 53.1 Å². The molecule has 0 aromatic heterocycles. The monoisotopic (exact) mass is 444 g/mol. The van der Waals surface area contributed by atoms with Gasteiger partial charge in [0.15, 0.2) is 11.5 Å². The summed E-state index contributed by atoms with van der Waals surface area (Å²) >= 11 is 5.97. The zero-order valence-electron chi connectivity index (χ0n) is 17.8. The second-order valence-corrected chi connectivity index (χ2v) is 8.55. The Morgan fingerprint density at radius 2 is 1.81 bits per heavy atom. The maximum Gasteiger partial charge on any atom is 0.236 e. The summed E-state index contributed by atoms with van der Waals surface area (Å²) in [6.45, 7) is 3.63. The molecular weight excluding hydrogens is 416 g/mol. The van der Waals surface area contributed by atoms with E-state index in [0.29, 0.717) is 35.2 Å². The van der Waals surface area contributed by atoms with Gasteiger partial charge in [-0.1, -0.05) is 30.2 Å². The summed E-state index contributed by atoms with van der Waals surface area (Å²) in [7, 11) is 1.60. The molecule has 0 spiro atoms. The van der Waals surface area contributed by atoms with Crippen LogP contribution in [0.3, 0.4) is 0 Å². The lowest BCUT2D eigenvalue weighted by molar-refractivity contribution is -0.118. The second-order valence-electron chi connectivity index (χ2n) is 8.11. The number of likely N-dealkylation sites (tertiary alicyclic amines) is 1. The number of piperidine rings is 1. The summed E-state index contributed by atoms with van der Waals surface area (Å²) in [4.78, 5) is 17.0. The van der Waals surface area contributed by atoms with Gasteiger partial charge in [-0.2, -0.15) is 0 Å². The average Bonchev–Trinajstić information content (AvgIpc) is 3.09. The molecule has 2 aliphatic heterocycles. The number of benzene rings is 2. The van der Waals surface area contributed by atoms with Crippen molar-refractivity contribution in [1.82, 2.24) is 4.90 Å². The normalized spacial score (nSPS) is 22.0. The summed E-state index contributed by atoms with van der Waals surface area (Å²) < 4.78 is 11.5. The smallest absolute Gasteiger partial charge is 0.236 e. The largest absolute Gasteiger partial charge is 0.493 e. The van der Waals surface area contributed by atoms with Crippen molar-refractivity contribution >= 4 is 23.2 Å². The Hall–Kier alpha value is -2.28. The Balaban J connectivity index is 1.48. The lowest BCUT2D eigenvalue weighted by Gasteiger charge is -2.26. The van der Waals surface area contributed by atoms with Gasteiger partial charge in [-0.15, -0.1) is 0 Å². The molecule has 0 bridgehead atoms. The fourth-order valence-corrected chi connectivity index (χ4v) is 4.53. The third kappa shape index (κ3) is 4.97. The third-order valence-electron chi connectivity index (χ3n) is 6.09. The number of halogens is 1. The molecule has 0 saturated carbocycles. The number of nitrogens with zero attached hydrogens (tertiary/aromatic N) is 2. The molecule has 7 heteroatoms. The number of anilines is 1. The van der Waals surface area contributed by atoms with E-state index in [4.69, 9.17) is 21.1 Å². The van der Waals surface area contributed by atoms with E-state index in [9.17, 15) is 9.90 Å². The molecule has 2 saturated heterocycles. The van der Waals surface area contributed by atoms with Crippen molar-refractivity contribution in [2.24, 2.45) is 0 Å². The van der Waals surface area contributed by atoms with Crippen molar-refractivity contribution in [3.8, 4) is 11.5 Å². The van der Waals surface area contributed by atoms with Crippen LogP contribution in [0, 0.1) is 0 Å². The zero-order chi connectivity index (χ0) is 21.8. The molecule has 2 fully saturated rings. The van der Waals surface area contributed by atoms with Gasteiger partial charge >= 0.3 is 0 Å². The minimum atomic E-state index is -0.900. The minimum Gasteiger partial charge on any atom is -0.493 e. The maximum atomic E-state index is 13.1. The van der Waals surface area contributed by atoms with Gasteiger partial charge in [-0.25, -0.2) is 0 Å². The standard InChI is InChI=1S/C24H29ClN2O4/c1-30-21-10-9-19(15-22(21)31-14-13-26-11-3-2-4-12-26)27-23(28)16-20(24(27)29)17-5-7-18(25)8-6-17/h5-10,15,20,23,28H,2-4,11-14,16H2,1H3. The topological polar surface area (TPSA) is 62.2 Å². The van der Waals surface area contributed by atoms with Crippen LogP contribution in [0.15, 0.2) is 42.5 Å². The number of aliphatic hydroxyl groups excluding tert-OH is 1. The summed E-state index contributed by atoms with van der Waals surface area (Å²) in [6, 6.07) is 12.5. The number of amides is 1. The minimum absolute atomic E-state index is 0.140. The van der Waals surface area contributed by atoms with E-state index < -0.39 is 12.1 Å². The molecule has 6 nitrogen and oxygen atoms in total. The van der Waals surface area contributed by atoms with Crippen LogP contribution in [-0.2, 0) is 4.79 Å². The first-order chi connectivity index (χ1) is 15.1. The summed E-state index contributed by atoms with van der Waals surface area (Å²) in [5.74, 6) is 0.641. The molecule has 2 aromatic carbocycles. The number of carbonyl (C=O) groups excluding carboxylic acids is 1. The van der Waals surface area contributed by atoms with Gasteiger partial charge in [0.05, 0.1) is 18.7 Å². The Morgan fingerprint density at radius 1 is 1.06 bits per heavy atom. The molecule has 2 aromatic rings. The van der Waals surface area contributed by atoms with Gasteiger partial charge in [0.1, 0.15) is 12.8 Å². The second kappa shape index (κ2) is 9.90. The quantitative estimate of drug-likeness (QED) is 0.698. The molecule has 31 heavy (non-hydrogen) atoms. The first-order valence-electron chi connectivity index (χ1n) is 10.9. The van der Waals surface area contributed by atoms with Crippen molar-refractivity contribution < 1.29 is 19.4 Å². The predicted octanol–water partition coefficient (Wildman–Crippen LogP) is 4.05. The lowest BCUT2D eigenvalue weighted by Crippen LogP contribution is -2.34. The highest BCUT2D eigenvalue weighted by Gasteiger charge is 2.40. The van der Waals surface area contributed by atoms with Crippen molar-refractivity contribution in [1.29, 1.82) is 0 Å². The van der Waals surface area contributed by atoms with E-state index in [0.717, 1.165) is 25.2 Å². The Kier molecular flexibility index (Phi) is 7.00. The van der Waals surface area contributed by atoms with Crippen LogP contribution in [0.25, 0.3) is 0 Å². The molecule has 166 valence electrons. The molecular formula is C24H29ClN2O4. The van der Waals surface area contributed by atoms with Crippen molar-refractivity contribution in [3.63, 3.8) is 0 Å². The fraction of sp³-hybridized carbons (Fsp3) is 0.458. The van der Waals surface area contributed by atoms with E-state index in [1.807, 2.05) is 12.1 Å². The van der Waals surface area contributed by atoms with Gasteiger partial charge in [0.25, 0.3) is 0 Å². The highest BCUT2D eigenvalue weighted by molar-refractivity contribution is 6.30. The maximum absolute atomic E-state index is 13.1. The van der Waals surface area contributed by atoms with Crippen molar-refractivity contribution in [2.45, 2.75) is 37.8 Å². The van der Waals surface area contributed by atoms with Gasteiger partial charge in [0, 0.05) is 24.1 Å². The summed E-state index contributed by atoms with van der Waals surface area (Å²) in [5.41, 5.74) is 1.45. The SMILES string of the molecule is COc1ccc(N2C(=O)C(c3ccc(Cl)cc3)CC2O)cc1OCCN1CCCCC1. The molecule has 2 unspecified atom stereocenters. The molecule has 1 amide bonds. The van der Waals surface area contributed by atoms with Crippen LogP contribution in [0.2, 0.25) is 5.02 Å². The Morgan fingerprint density at radius 3 is 2.52 bits per heavy atom. The molecule has 1 N–H and O–H groups in total. The zero-order valence-corrected chi connectivity index (χ0v) is 18.6. The summed E-state index contributed by atoms with van der Waals surface area (Å²) in [5, 5.41) is 11.3. The lowest BCUT2D eigenvalue weighted by atomic mass is 9.97. The average molecular weight is 445 g/mol. The number of hydrogen-bond donors (Lipinski definition) is 1. The Bertz CT molecular complexity index is 899. The van der Waals surface area contributed by atoms with Crippen LogP contribution in [0.1, 0.15) is 37.2 Å². The highest BCUT2D eigenvalue weighted by Crippen LogP contribution is 2.39. The third-order valence-corrected chi connectivity index (χ3v) is 6.34. The molecule has 2 heterocycles. The number of hydrogen-bond acceptors (Lipinski definition) is 5. The first-order valence-corrected chi connectivity index (χ1v) is 11.2. The number of rotatable bonds is 7. The van der Waals surface area contributed by atoms with Gasteiger partial charge < -0.3 is 14.6 Å². The Labute approximate surface area is 188 Å². The van der Waals surface area contributed by atoms with Crippen LogP contribution >= 0.6 is 11.6 Å². The van der Waals surface area contributed by atoms with Crippen LogP contribution in [0.4, 0.5) is 5.69 Å². The van der Waals surface area contributed by atoms with Gasteiger partial charge in [0.2, 0.25) is 5.91 Å². The van der Waals surface area contributed by atoms with Gasteiger partial charge in [-0.3, -0.25) is 14.6 Å². The van der Waals surface area contributed by atoms with E-state index in [2.05, 4.69) is 4.90 Å². The summed E-state index contributed by atoms with van der Waals surface area (Å²) in [6.07, 6.45) is 3.21. The van der Waals surface area contributed by atoms with Crippen LogP contribution in [-0.4, -0.2) is 55.5 Å². The van der Waals surface area contributed by atoms with E-state index in [1.165, 1.54) is 24.2 Å². The van der Waals surface area contributed by atoms with Crippen molar-refractivity contribution in [2.75, 3.05) is 38.3 Å². The number of carbonyl (C=O) groups is 1. The predicted molar refractivity (Wildman–Crippen MR) is 121 cm³/mol. The molecule has 2 atom stereocenters. The van der Waals surface area contributed by atoms with Crippen LogP contribution < -0.4 is 14.4 Å². The number of aliphatic hydroxyl groups is 1. The van der Waals surface area contributed by atoms with E-state index in [1.54, 1.807) is 37.4 Å². The molecule has 0 aliphatic carbocycles. The fourth-order valence-electron chi connectivity index (χ4n) is 4.40. The van der Waals surface area contributed by atoms with E-state index >= 15 is 0 Å². The molecule has 2 aliphatic rings. The first kappa shape index (κ1) is 21.9. The number of ether oxygens (including phenoxy) is 2. The van der Waals surface area contributed by atoms with E-state index in [-0.39, 0.29) is 5.91 Å². The van der Waals surface area contributed by atoms with Gasteiger partial charge in [-0.05, 0) is 55.8 Å². The number of methoxy groups -OCH3 is 1.